The molecule has 2 rings (SSSR count). The Hall–Kier alpha value is -1.74. The van der Waals surface area contributed by atoms with E-state index in [-0.39, 0.29) is 0 Å². The Balaban J connectivity index is 2.42. The van der Waals surface area contributed by atoms with Gasteiger partial charge in [0.05, 0.1) is 6.20 Å². The van der Waals surface area contributed by atoms with Crippen molar-refractivity contribution in [2.24, 2.45) is 0 Å². The van der Waals surface area contributed by atoms with Crippen molar-refractivity contribution in [1.29, 1.82) is 0 Å². The van der Waals surface area contributed by atoms with Crippen LogP contribution in [-0.2, 0) is 0 Å². The molecule has 82 valence electrons. The van der Waals surface area contributed by atoms with Gasteiger partial charge in [0.25, 0.3) is 0 Å². The third-order valence-corrected chi connectivity index (χ3v) is 2.86. The zero-order chi connectivity index (χ0) is 11.5. The standard InChI is InChI=1S/C13H14N2O/c1-9-4-3-5-12(10(9)2)13(16)11-6-7-14-15-8-11/h3-8,13,16H,1-2H3. The zero-order valence-corrected chi connectivity index (χ0v) is 9.38. The molecule has 16 heavy (non-hydrogen) atoms. The van der Waals surface area contributed by atoms with Gasteiger partial charge in [-0.15, -0.1) is 0 Å². The molecule has 0 saturated heterocycles. The fraction of sp³-hybridized carbons (Fsp3) is 0.231. The molecular formula is C13H14N2O. The monoisotopic (exact) mass is 214 g/mol. The van der Waals surface area contributed by atoms with Gasteiger partial charge in [-0.2, -0.15) is 10.2 Å². The highest BCUT2D eigenvalue weighted by Gasteiger charge is 2.13. The van der Waals surface area contributed by atoms with E-state index < -0.39 is 6.10 Å². The molecule has 2 aromatic rings. The van der Waals surface area contributed by atoms with Crippen LogP contribution >= 0.6 is 0 Å². The highest BCUT2D eigenvalue weighted by molar-refractivity contribution is 5.38. The lowest BCUT2D eigenvalue weighted by Gasteiger charge is -2.14. The summed E-state index contributed by atoms with van der Waals surface area (Å²) < 4.78 is 0. The summed E-state index contributed by atoms with van der Waals surface area (Å²) in [6.07, 6.45) is 2.55. The molecule has 0 spiro atoms. The lowest BCUT2D eigenvalue weighted by atomic mass is 9.96. The van der Waals surface area contributed by atoms with Crippen LogP contribution in [0, 0.1) is 13.8 Å². The number of nitrogens with zero attached hydrogens (tertiary/aromatic N) is 2. The Labute approximate surface area is 94.8 Å². The van der Waals surface area contributed by atoms with Crippen LogP contribution in [0.1, 0.15) is 28.4 Å². The summed E-state index contributed by atoms with van der Waals surface area (Å²) >= 11 is 0. The number of hydrogen-bond donors (Lipinski definition) is 1. The van der Waals surface area contributed by atoms with Crippen molar-refractivity contribution in [2.75, 3.05) is 0 Å². The molecule has 0 radical (unpaired) electrons. The maximum absolute atomic E-state index is 10.2. The van der Waals surface area contributed by atoms with Gasteiger partial charge in [-0.3, -0.25) is 0 Å². The molecule has 0 aliphatic heterocycles. The summed E-state index contributed by atoms with van der Waals surface area (Å²) in [5, 5.41) is 17.7. The van der Waals surface area contributed by atoms with E-state index in [4.69, 9.17) is 0 Å². The highest BCUT2D eigenvalue weighted by atomic mass is 16.3. The SMILES string of the molecule is Cc1cccc(C(O)c2ccnnc2)c1C. The molecule has 0 aliphatic carbocycles. The number of benzene rings is 1. The Morgan fingerprint density at radius 1 is 1.12 bits per heavy atom. The zero-order valence-electron chi connectivity index (χ0n) is 9.38. The molecule has 0 saturated carbocycles. The second kappa shape index (κ2) is 4.41. The van der Waals surface area contributed by atoms with E-state index in [1.54, 1.807) is 18.5 Å². The number of rotatable bonds is 2. The van der Waals surface area contributed by atoms with E-state index in [1.165, 1.54) is 5.56 Å². The number of aryl methyl sites for hydroxylation is 1. The second-order valence-electron chi connectivity index (χ2n) is 3.87. The topological polar surface area (TPSA) is 46.0 Å². The van der Waals surface area contributed by atoms with Crippen LogP contribution in [-0.4, -0.2) is 15.3 Å². The van der Waals surface area contributed by atoms with Gasteiger partial charge in [0.1, 0.15) is 6.10 Å². The van der Waals surface area contributed by atoms with Crippen molar-refractivity contribution >= 4 is 0 Å². The van der Waals surface area contributed by atoms with Gasteiger partial charge >= 0.3 is 0 Å². The van der Waals surface area contributed by atoms with Crippen molar-refractivity contribution in [3.63, 3.8) is 0 Å². The van der Waals surface area contributed by atoms with Crippen LogP contribution in [0.5, 0.6) is 0 Å². The van der Waals surface area contributed by atoms with Crippen molar-refractivity contribution < 1.29 is 5.11 Å². The minimum atomic E-state index is -0.629. The van der Waals surface area contributed by atoms with Crippen LogP contribution in [0.25, 0.3) is 0 Å². The van der Waals surface area contributed by atoms with Gasteiger partial charge < -0.3 is 5.11 Å². The molecule has 0 amide bonds. The normalized spacial score (nSPS) is 12.4. The minimum Gasteiger partial charge on any atom is -0.384 e. The van der Waals surface area contributed by atoms with Gasteiger partial charge in [0.15, 0.2) is 0 Å². The maximum atomic E-state index is 10.2. The number of hydrogen-bond acceptors (Lipinski definition) is 3. The van der Waals surface area contributed by atoms with E-state index in [1.807, 2.05) is 32.0 Å². The summed E-state index contributed by atoms with van der Waals surface area (Å²) in [5.74, 6) is 0. The Kier molecular flexibility index (Phi) is 2.97. The molecule has 0 fully saturated rings. The molecular weight excluding hydrogens is 200 g/mol. The first-order chi connectivity index (χ1) is 7.70. The van der Waals surface area contributed by atoms with Crippen molar-refractivity contribution in [3.05, 3.63) is 58.9 Å². The van der Waals surface area contributed by atoms with E-state index in [9.17, 15) is 5.11 Å². The largest absolute Gasteiger partial charge is 0.384 e. The summed E-state index contributed by atoms with van der Waals surface area (Å²) in [6, 6.07) is 7.71. The van der Waals surface area contributed by atoms with E-state index in [0.717, 1.165) is 16.7 Å². The molecule has 3 nitrogen and oxygen atoms in total. The number of aliphatic hydroxyl groups is 1. The number of aromatic nitrogens is 2. The predicted molar refractivity (Wildman–Crippen MR) is 62.0 cm³/mol. The Morgan fingerprint density at radius 2 is 1.94 bits per heavy atom. The smallest absolute Gasteiger partial charge is 0.106 e. The molecule has 0 aliphatic rings. The van der Waals surface area contributed by atoms with Crippen molar-refractivity contribution in [2.45, 2.75) is 20.0 Å². The van der Waals surface area contributed by atoms with E-state index in [2.05, 4.69) is 10.2 Å². The van der Waals surface area contributed by atoms with Crippen LogP contribution in [0.2, 0.25) is 0 Å². The number of aliphatic hydroxyl groups excluding tert-OH is 1. The fourth-order valence-electron chi connectivity index (χ4n) is 1.71. The van der Waals surface area contributed by atoms with Gasteiger partial charge in [0, 0.05) is 11.8 Å². The fourth-order valence-corrected chi connectivity index (χ4v) is 1.71. The van der Waals surface area contributed by atoms with Crippen molar-refractivity contribution in [1.82, 2.24) is 10.2 Å². The molecule has 3 heteroatoms. The summed E-state index contributed by atoms with van der Waals surface area (Å²) in [4.78, 5) is 0. The van der Waals surface area contributed by atoms with Crippen LogP contribution in [0.4, 0.5) is 0 Å². The molecule has 1 heterocycles. The molecule has 1 unspecified atom stereocenters. The van der Waals surface area contributed by atoms with Crippen LogP contribution < -0.4 is 0 Å². The summed E-state index contributed by atoms with van der Waals surface area (Å²) in [5.41, 5.74) is 3.99. The maximum Gasteiger partial charge on any atom is 0.106 e. The second-order valence-corrected chi connectivity index (χ2v) is 3.87. The molecule has 0 bridgehead atoms. The predicted octanol–water partition coefficient (Wildman–Crippen LogP) is 2.18. The van der Waals surface area contributed by atoms with Crippen molar-refractivity contribution in [3.8, 4) is 0 Å². The first-order valence-electron chi connectivity index (χ1n) is 5.21. The Morgan fingerprint density at radius 3 is 2.62 bits per heavy atom. The van der Waals surface area contributed by atoms with E-state index >= 15 is 0 Å². The quantitative estimate of drug-likeness (QED) is 0.833. The van der Waals surface area contributed by atoms with Gasteiger partial charge in [-0.25, -0.2) is 0 Å². The van der Waals surface area contributed by atoms with Crippen LogP contribution in [0.15, 0.2) is 36.7 Å². The average Bonchev–Trinajstić information content (AvgIpc) is 2.33. The molecule has 1 aromatic carbocycles. The first kappa shape index (κ1) is 10.8. The third kappa shape index (κ3) is 1.95. The Bertz CT molecular complexity index is 483. The van der Waals surface area contributed by atoms with Crippen LogP contribution in [0.3, 0.4) is 0 Å². The molecule has 1 atom stereocenters. The minimum absolute atomic E-state index is 0.629. The average molecular weight is 214 g/mol. The summed E-state index contributed by atoms with van der Waals surface area (Å²) in [6.45, 7) is 4.05. The van der Waals surface area contributed by atoms with Gasteiger partial charge in [-0.1, -0.05) is 18.2 Å². The van der Waals surface area contributed by atoms with E-state index in [0.29, 0.717) is 0 Å². The van der Waals surface area contributed by atoms with Gasteiger partial charge in [-0.05, 0) is 36.6 Å². The third-order valence-electron chi connectivity index (χ3n) is 2.86. The van der Waals surface area contributed by atoms with Gasteiger partial charge in [0.2, 0.25) is 0 Å². The molecule has 1 aromatic heterocycles. The highest BCUT2D eigenvalue weighted by Crippen LogP contribution is 2.25. The molecule has 1 N–H and O–H groups in total. The first-order valence-corrected chi connectivity index (χ1v) is 5.21. The summed E-state index contributed by atoms with van der Waals surface area (Å²) in [7, 11) is 0. The lowest BCUT2D eigenvalue weighted by molar-refractivity contribution is 0.219. The lowest BCUT2D eigenvalue weighted by Crippen LogP contribution is -2.03.